The van der Waals surface area contributed by atoms with Gasteiger partial charge in [-0.1, -0.05) is 19.8 Å². The summed E-state index contributed by atoms with van der Waals surface area (Å²) in [6.07, 6.45) is 6.62. The minimum atomic E-state index is 0.672. The fourth-order valence-corrected chi connectivity index (χ4v) is 2.33. The molecule has 96 valence electrons. The molecule has 1 unspecified atom stereocenters. The van der Waals surface area contributed by atoms with Crippen molar-refractivity contribution in [3.05, 3.63) is 0 Å². The van der Waals surface area contributed by atoms with Crippen LogP contribution in [0.5, 0.6) is 0 Å². The standard InChI is InChI=1S/C13H28N2O/c1-3-13-12-16-11-10-15(13)9-7-5-4-6-8-14-2/h13-14H,3-12H2,1-2H3. The molecule has 1 N–H and O–H groups in total. The van der Waals surface area contributed by atoms with Crippen LogP contribution in [0.4, 0.5) is 0 Å². The van der Waals surface area contributed by atoms with Crippen LogP contribution in [0, 0.1) is 0 Å². The molecule has 1 aliphatic rings. The Morgan fingerprint density at radius 1 is 1.25 bits per heavy atom. The van der Waals surface area contributed by atoms with E-state index in [0.29, 0.717) is 6.04 Å². The molecule has 1 fully saturated rings. The number of morpholine rings is 1. The van der Waals surface area contributed by atoms with Crippen molar-refractivity contribution < 1.29 is 4.74 Å². The van der Waals surface area contributed by atoms with E-state index in [2.05, 4.69) is 17.1 Å². The van der Waals surface area contributed by atoms with Crippen molar-refractivity contribution in [1.29, 1.82) is 0 Å². The van der Waals surface area contributed by atoms with Crippen molar-refractivity contribution in [2.24, 2.45) is 0 Å². The minimum absolute atomic E-state index is 0.672. The van der Waals surface area contributed by atoms with Crippen LogP contribution in [0.3, 0.4) is 0 Å². The molecule has 0 aliphatic carbocycles. The second-order valence-corrected chi connectivity index (χ2v) is 4.69. The van der Waals surface area contributed by atoms with Crippen LogP contribution in [0.15, 0.2) is 0 Å². The molecule has 0 aromatic heterocycles. The molecule has 0 saturated carbocycles. The number of nitrogens with one attached hydrogen (secondary N) is 1. The van der Waals surface area contributed by atoms with E-state index in [4.69, 9.17) is 4.74 Å². The predicted octanol–water partition coefficient (Wildman–Crippen LogP) is 1.88. The first-order valence-corrected chi connectivity index (χ1v) is 6.85. The highest BCUT2D eigenvalue weighted by Crippen LogP contribution is 2.11. The molecule has 16 heavy (non-hydrogen) atoms. The van der Waals surface area contributed by atoms with E-state index in [1.165, 1.54) is 38.6 Å². The van der Waals surface area contributed by atoms with Gasteiger partial charge in [-0.05, 0) is 39.4 Å². The molecule has 1 heterocycles. The molecule has 1 rings (SSSR count). The Balaban J connectivity index is 2.02. The SMILES string of the molecule is CCC1COCCN1CCCCCCNC. The Morgan fingerprint density at radius 3 is 2.81 bits per heavy atom. The van der Waals surface area contributed by atoms with Gasteiger partial charge in [0.15, 0.2) is 0 Å². The van der Waals surface area contributed by atoms with Crippen molar-refractivity contribution in [2.75, 3.05) is 39.9 Å². The Labute approximate surface area is 101 Å². The summed E-state index contributed by atoms with van der Waals surface area (Å²) in [6.45, 7) is 7.69. The van der Waals surface area contributed by atoms with Crippen LogP contribution in [0.2, 0.25) is 0 Å². The van der Waals surface area contributed by atoms with Crippen molar-refractivity contribution in [1.82, 2.24) is 10.2 Å². The highest BCUT2D eigenvalue weighted by Gasteiger charge is 2.20. The third-order valence-corrected chi connectivity index (χ3v) is 3.44. The summed E-state index contributed by atoms with van der Waals surface area (Å²) in [5, 5.41) is 3.20. The van der Waals surface area contributed by atoms with Crippen molar-refractivity contribution in [2.45, 2.75) is 45.1 Å². The molecule has 3 nitrogen and oxygen atoms in total. The first-order valence-electron chi connectivity index (χ1n) is 6.85. The van der Waals surface area contributed by atoms with Crippen LogP contribution >= 0.6 is 0 Å². The van der Waals surface area contributed by atoms with Crippen LogP contribution in [0.1, 0.15) is 39.0 Å². The maximum Gasteiger partial charge on any atom is 0.0622 e. The van der Waals surface area contributed by atoms with Gasteiger partial charge in [0.1, 0.15) is 0 Å². The van der Waals surface area contributed by atoms with Gasteiger partial charge < -0.3 is 10.1 Å². The van der Waals surface area contributed by atoms with E-state index in [1.807, 2.05) is 7.05 Å². The fourth-order valence-electron chi connectivity index (χ4n) is 2.33. The average Bonchev–Trinajstić information content (AvgIpc) is 2.34. The summed E-state index contributed by atoms with van der Waals surface area (Å²) in [5.41, 5.74) is 0. The summed E-state index contributed by atoms with van der Waals surface area (Å²) in [7, 11) is 2.03. The van der Waals surface area contributed by atoms with Gasteiger partial charge in [0, 0.05) is 12.6 Å². The molecule has 0 radical (unpaired) electrons. The fraction of sp³-hybridized carbons (Fsp3) is 1.00. The lowest BCUT2D eigenvalue weighted by Crippen LogP contribution is -2.45. The lowest BCUT2D eigenvalue weighted by Gasteiger charge is -2.35. The first kappa shape index (κ1) is 13.9. The van der Waals surface area contributed by atoms with Gasteiger partial charge in [-0.25, -0.2) is 0 Å². The molecule has 0 aromatic rings. The molecular formula is C13H28N2O. The normalized spacial score (nSPS) is 22.5. The molecule has 0 bridgehead atoms. The summed E-state index contributed by atoms with van der Waals surface area (Å²) in [6, 6.07) is 0.672. The molecule has 0 aromatic carbocycles. The quantitative estimate of drug-likeness (QED) is 0.642. The summed E-state index contributed by atoms with van der Waals surface area (Å²) >= 11 is 0. The van der Waals surface area contributed by atoms with Gasteiger partial charge in [0.25, 0.3) is 0 Å². The number of nitrogens with zero attached hydrogens (tertiary/aromatic N) is 1. The minimum Gasteiger partial charge on any atom is -0.378 e. The zero-order valence-electron chi connectivity index (χ0n) is 11.0. The highest BCUT2D eigenvalue weighted by atomic mass is 16.5. The highest BCUT2D eigenvalue weighted by molar-refractivity contribution is 4.73. The third kappa shape index (κ3) is 5.28. The van der Waals surface area contributed by atoms with Crippen LogP contribution in [0.25, 0.3) is 0 Å². The smallest absolute Gasteiger partial charge is 0.0622 e. The molecule has 1 aliphatic heterocycles. The molecule has 3 heteroatoms. The van der Waals surface area contributed by atoms with E-state index in [0.717, 1.165) is 26.3 Å². The van der Waals surface area contributed by atoms with E-state index >= 15 is 0 Å². The van der Waals surface area contributed by atoms with Gasteiger partial charge in [-0.15, -0.1) is 0 Å². The molecule has 1 saturated heterocycles. The van der Waals surface area contributed by atoms with Crippen molar-refractivity contribution in [3.63, 3.8) is 0 Å². The predicted molar refractivity (Wildman–Crippen MR) is 68.9 cm³/mol. The molecule has 0 amide bonds. The average molecular weight is 228 g/mol. The lowest BCUT2D eigenvalue weighted by atomic mass is 10.1. The number of rotatable bonds is 8. The van der Waals surface area contributed by atoms with E-state index in [1.54, 1.807) is 0 Å². The van der Waals surface area contributed by atoms with Crippen LogP contribution in [-0.4, -0.2) is 50.8 Å². The Hall–Kier alpha value is -0.120. The second-order valence-electron chi connectivity index (χ2n) is 4.69. The van der Waals surface area contributed by atoms with Gasteiger partial charge >= 0.3 is 0 Å². The van der Waals surface area contributed by atoms with Crippen molar-refractivity contribution in [3.8, 4) is 0 Å². The maximum atomic E-state index is 5.51. The number of unbranched alkanes of at least 4 members (excludes halogenated alkanes) is 3. The van der Waals surface area contributed by atoms with E-state index < -0.39 is 0 Å². The molecular weight excluding hydrogens is 200 g/mol. The Kier molecular flexibility index (Phi) is 7.81. The van der Waals surface area contributed by atoms with Gasteiger partial charge in [-0.3, -0.25) is 4.90 Å². The van der Waals surface area contributed by atoms with Gasteiger partial charge in [0.05, 0.1) is 13.2 Å². The summed E-state index contributed by atoms with van der Waals surface area (Å²) in [5.74, 6) is 0. The molecule has 1 atom stereocenters. The topological polar surface area (TPSA) is 24.5 Å². The van der Waals surface area contributed by atoms with Crippen LogP contribution < -0.4 is 5.32 Å². The molecule has 0 spiro atoms. The number of hydrogen-bond donors (Lipinski definition) is 1. The van der Waals surface area contributed by atoms with E-state index in [-0.39, 0.29) is 0 Å². The van der Waals surface area contributed by atoms with Crippen LogP contribution in [-0.2, 0) is 4.74 Å². The third-order valence-electron chi connectivity index (χ3n) is 3.44. The van der Waals surface area contributed by atoms with Gasteiger partial charge in [0.2, 0.25) is 0 Å². The first-order chi connectivity index (χ1) is 7.88. The Bertz CT molecular complexity index is 164. The monoisotopic (exact) mass is 228 g/mol. The Morgan fingerprint density at radius 2 is 2.06 bits per heavy atom. The van der Waals surface area contributed by atoms with Crippen molar-refractivity contribution >= 4 is 0 Å². The zero-order chi connectivity index (χ0) is 11.6. The van der Waals surface area contributed by atoms with E-state index in [9.17, 15) is 0 Å². The largest absolute Gasteiger partial charge is 0.378 e. The van der Waals surface area contributed by atoms with Gasteiger partial charge in [-0.2, -0.15) is 0 Å². The summed E-state index contributed by atoms with van der Waals surface area (Å²) < 4.78 is 5.51. The number of ether oxygens (including phenoxy) is 1. The number of hydrogen-bond acceptors (Lipinski definition) is 3. The summed E-state index contributed by atoms with van der Waals surface area (Å²) in [4.78, 5) is 2.61. The maximum absolute atomic E-state index is 5.51. The second kappa shape index (κ2) is 8.97. The zero-order valence-corrected chi connectivity index (χ0v) is 11.0. The lowest BCUT2D eigenvalue weighted by molar-refractivity contribution is -0.00917.